The van der Waals surface area contributed by atoms with Gasteiger partial charge < -0.3 is 5.73 Å². The quantitative estimate of drug-likeness (QED) is 0.889. The molecule has 2 rings (SSSR count). The molecule has 0 saturated heterocycles. The normalized spacial score (nSPS) is 12.9. The van der Waals surface area contributed by atoms with E-state index in [0.717, 1.165) is 18.4 Å². The minimum absolute atomic E-state index is 0.263. The maximum absolute atomic E-state index is 13.2. The third kappa shape index (κ3) is 4.60. The lowest BCUT2D eigenvalue weighted by atomic mass is 10.0. The van der Waals surface area contributed by atoms with Crippen LogP contribution in [0.1, 0.15) is 25.2 Å². The second kappa shape index (κ2) is 6.76. The van der Waals surface area contributed by atoms with Crippen LogP contribution < -0.4 is 5.73 Å². The van der Waals surface area contributed by atoms with E-state index in [0.29, 0.717) is 24.3 Å². The van der Waals surface area contributed by atoms with Gasteiger partial charge in [-0.05, 0) is 30.0 Å². The summed E-state index contributed by atoms with van der Waals surface area (Å²) in [7, 11) is 0. The summed E-state index contributed by atoms with van der Waals surface area (Å²) in [4.78, 5) is 4.21. The standard InChI is InChI=1S/C15H20F2N4/c1-10(2)8-21-15(19-9-20-21)7-14(18)5-11-3-12(16)6-13(17)4-11/h3-4,6,9-10,14H,5,7-8,18H2,1-2H3. The molecule has 21 heavy (non-hydrogen) atoms. The van der Waals surface area contributed by atoms with Crippen LogP contribution in [-0.4, -0.2) is 20.8 Å². The number of hydrogen-bond donors (Lipinski definition) is 1. The molecule has 0 radical (unpaired) electrons. The summed E-state index contributed by atoms with van der Waals surface area (Å²) in [6.45, 7) is 4.97. The lowest BCUT2D eigenvalue weighted by Crippen LogP contribution is -2.28. The fourth-order valence-electron chi connectivity index (χ4n) is 2.28. The predicted molar refractivity (Wildman–Crippen MR) is 76.6 cm³/mol. The van der Waals surface area contributed by atoms with Crippen molar-refractivity contribution >= 4 is 0 Å². The second-order valence-corrected chi connectivity index (χ2v) is 5.70. The highest BCUT2D eigenvalue weighted by molar-refractivity contribution is 5.19. The molecular weight excluding hydrogens is 274 g/mol. The molecule has 6 heteroatoms. The summed E-state index contributed by atoms with van der Waals surface area (Å²) < 4.78 is 28.1. The van der Waals surface area contributed by atoms with Gasteiger partial charge in [-0.25, -0.2) is 18.4 Å². The smallest absolute Gasteiger partial charge is 0.138 e. The number of benzene rings is 1. The zero-order valence-corrected chi connectivity index (χ0v) is 12.3. The first-order valence-corrected chi connectivity index (χ1v) is 7.01. The molecule has 1 atom stereocenters. The third-order valence-electron chi connectivity index (χ3n) is 3.10. The van der Waals surface area contributed by atoms with E-state index in [1.165, 1.54) is 18.5 Å². The van der Waals surface area contributed by atoms with Crippen LogP contribution in [0.2, 0.25) is 0 Å². The summed E-state index contributed by atoms with van der Waals surface area (Å²) >= 11 is 0. The van der Waals surface area contributed by atoms with Crippen molar-refractivity contribution in [2.24, 2.45) is 11.7 Å². The summed E-state index contributed by atoms with van der Waals surface area (Å²) in [5.41, 5.74) is 6.62. The van der Waals surface area contributed by atoms with Crippen molar-refractivity contribution in [3.63, 3.8) is 0 Å². The van der Waals surface area contributed by atoms with E-state index < -0.39 is 11.6 Å². The van der Waals surface area contributed by atoms with Crippen LogP contribution in [0.3, 0.4) is 0 Å². The van der Waals surface area contributed by atoms with E-state index in [-0.39, 0.29) is 6.04 Å². The lowest BCUT2D eigenvalue weighted by Gasteiger charge is -2.13. The Balaban J connectivity index is 2.01. The summed E-state index contributed by atoms with van der Waals surface area (Å²) in [5, 5.41) is 4.17. The lowest BCUT2D eigenvalue weighted by molar-refractivity contribution is 0.457. The molecule has 2 N–H and O–H groups in total. The van der Waals surface area contributed by atoms with Crippen molar-refractivity contribution in [2.45, 2.75) is 39.3 Å². The fourth-order valence-corrected chi connectivity index (χ4v) is 2.28. The highest BCUT2D eigenvalue weighted by Gasteiger charge is 2.13. The highest BCUT2D eigenvalue weighted by Crippen LogP contribution is 2.11. The molecule has 0 fully saturated rings. The van der Waals surface area contributed by atoms with Crippen LogP contribution in [0.5, 0.6) is 0 Å². The van der Waals surface area contributed by atoms with Crippen molar-refractivity contribution in [2.75, 3.05) is 0 Å². The zero-order valence-electron chi connectivity index (χ0n) is 12.3. The molecular formula is C15H20F2N4. The van der Waals surface area contributed by atoms with Gasteiger partial charge in [-0.1, -0.05) is 13.8 Å². The molecule has 2 aromatic rings. The Morgan fingerprint density at radius 3 is 2.43 bits per heavy atom. The monoisotopic (exact) mass is 294 g/mol. The maximum atomic E-state index is 13.2. The average Bonchev–Trinajstić information content (AvgIpc) is 2.73. The van der Waals surface area contributed by atoms with Crippen molar-refractivity contribution in [3.8, 4) is 0 Å². The summed E-state index contributed by atoms with van der Waals surface area (Å²) in [6, 6.07) is 3.21. The van der Waals surface area contributed by atoms with Gasteiger partial charge in [0.1, 0.15) is 23.8 Å². The Kier molecular flexibility index (Phi) is 5.01. The van der Waals surface area contributed by atoms with E-state index in [9.17, 15) is 8.78 Å². The second-order valence-electron chi connectivity index (χ2n) is 5.70. The average molecular weight is 294 g/mol. The number of nitrogens with zero attached hydrogens (tertiary/aromatic N) is 3. The molecule has 0 aliphatic heterocycles. The van der Waals surface area contributed by atoms with Crippen LogP contribution in [-0.2, 0) is 19.4 Å². The number of nitrogens with two attached hydrogens (primary N) is 1. The first-order valence-electron chi connectivity index (χ1n) is 7.01. The molecule has 4 nitrogen and oxygen atoms in total. The Morgan fingerprint density at radius 2 is 1.81 bits per heavy atom. The third-order valence-corrected chi connectivity index (χ3v) is 3.10. The van der Waals surface area contributed by atoms with Gasteiger partial charge in [-0.15, -0.1) is 0 Å². The molecule has 1 aromatic carbocycles. The van der Waals surface area contributed by atoms with E-state index in [1.54, 1.807) is 0 Å². The zero-order chi connectivity index (χ0) is 15.4. The molecule has 0 saturated carbocycles. The van der Waals surface area contributed by atoms with Gasteiger partial charge in [-0.2, -0.15) is 5.10 Å². The number of rotatable bonds is 6. The molecule has 0 bridgehead atoms. The predicted octanol–water partition coefficient (Wildman–Crippen LogP) is 2.32. The topological polar surface area (TPSA) is 56.7 Å². The van der Waals surface area contributed by atoms with E-state index in [1.807, 2.05) is 4.68 Å². The molecule has 1 heterocycles. The van der Waals surface area contributed by atoms with E-state index >= 15 is 0 Å². The number of aromatic nitrogens is 3. The SMILES string of the molecule is CC(C)Cn1ncnc1CC(N)Cc1cc(F)cc(F)c1. The van der Waals surface area contributed by atoms with E-state index in [4.69, 9.17) is 5.73 Å². The summed E-state index contributed by atoms with van der Waals surface area (Å²) in [5.74, 6) is 0.0902. The Labute approximate surface area is 123 Å². The Bertz CT molecular complexity index is 575. The molecule has 1 unspecified atom stereocenters. The van der Waals surface area contributed by atoms with Crippen LogP contribution in [0, 0.1) is 17.6 Å². The first kappa shape index (κ1) is 15.6. The van der Waals surface area contributed by atoms with Crippen molar-refractivity contribution in [1.29, 1.82) is 0 Å². The molecule has 0 aliphatic rings. The summed E-state index contributed by atoms with van der Waals surface area (Å²) in [6.07, 6.45) is 2.42. The Hall–Kier alpha value is -1.82. The van der Waals surface area contributed by atoms with Crippen LogP contribution >= 0.6 is 0 Å². The van der Waals surface area contributed by atoms with Crippen LogP contribution in [0.4, 0.5) is 8.78 Å². The molecule has 0 spiro atoms. The van der Waals surface area contributed by atoms with Crippen molar-refractivity contribution in [1.82, 2.24) is 14.8 Å². The van der Waals surface area contributed by atoms with Crippen molar-refractivity contribution in [3.05, 3.63) is 47.5 Å². The maximum Gasteiger partial charge on any atom is 0.138 e. The molecule has 0 aliphatic carbocycles. The Morgan fingerprint density at radius 1 is 1.14 bits per heavy atom. The highest BCUT2D eigenvalue weighted by atomic mass is 19.1. The van der Waals surface area contributed by atoms with Gasteiger partial charge in [0.2, 0.25) is 0 Å². The van der Waals surface area contributed by atoms with Crippen LogP contribution in [0.25, 0.3) is 0 Å². The molecule has 0 amide bonds. The molecule has 114 valence electrons. The van der Waals surface area contributed by atoms with Gasteiger partial charge in [0.25, 0.3) is 0 Å². The van der Waals surface area contributed by atoms with Gasteiger partial charge in [0.15, 0.2) is 0 Å². The number of halogens is 2. The first-order chi connectivity index (χ1) is 9.94. The minimum atomic E-state index is -0.583. The van der Waals surface area contributed by atoms with Crippen LogP contribution in [0.15, 0.2) is 24.5 Å². The minimum Gasteiger partial charge on any atom is -0.327 e. The van der Waals surface area contributed by atoms with Gasteiger partial charge >= 0.3 is 0 Å². The van der Waals surface area contributed by atoms with E-state index in [2.05, 4.69) is 23.9 Å². The van der Waals surface area contributed by atoms with Crippen molar-refractivity contribution < 1.29 is 8.78 Å². The fraction of sp³-hybridized carbons (Fsp3) is 0.467. The number of hydrogen-bond acceptors (Lipinski definition) is 3. The largest absolute Gasteiger partial charge is 0.327 e. The van der Waals surface area contributed by atoms with Gasteiger partial charge in [0.05, 0.1) is 0 Å². The van der Waals surface area contributed by atoms with Gasteiger partial charge in [-0.3, -0.25) is 0 Å². The molecule has 1 aromatic heterocycles. The van der Waals surface area contributed by atoms with Gasteiger partial charge in [0, 0.05) is 25.1 Å².